The van der Waals surface area contributed by atoms with E-state index in [1.54, 1.807) is 0 Å². The second kappa shape index (κ2) is 7.86. The molecule has 1 aromatic carbocycles. The largest absolute Gasteiger partial charge is 0.432 e. The maximum Gasteiger partial charge on any atom is 0.306 e. The molecule has 1 fully saturated rings. The van der Waals surface area contributed by atoms with Crippen LogP contribution in [-0.2, 0) is 0 Å². The van der Waals surface area contributed by atoms with Crippen molar-refractivity contribution in [1.29, 1.82) is 0 Å². The highest BCUT2D eigenvalue weighted by Gasteiger charge is 2.18. The van der Waals surface area contributed by atoms with Gasteiger partial charge < -0.3 is 14.7 Å². The molecule has 3 heterocycles. The molecule has 1 saturated carbocycles. The summed E-state index contributed by atoms with van der Waals surface area (Å²) < 4.78 is 6.83. The summed E-state index contributed by atoms with van der Waals surface area (Å²) in [6.45, 7) is 0. The third kappa shape index (κ3) is 3.54. The van der Waals surface area contributed by atoms with E-state index in [1.165, 1.54) is 67.7 Å². The maximum atomic E-state index is 12.7. The van der Waals surface area contributed by atoms with E-state index in [4.69, 9.17) is 4.42 Å². The summed E-state index contributed by atoms with van der Waals surface area (Å²) in [7, 11) is 1.50. The van der Waals surface area contributed by atoms with Crippen LogP contribution >= 0.6 is 0 Å². The molecule has 8 nitrogen and oxygen atoms in total. The van der Waals surface area contributed by atoms with Gasteiger partial charge in [-0.15, -0.1) is 0 Å². The van der Waals surface area contributed by atoms with E-state index in [0.29, 0.717) is 28.6 Å². The van der Waals surface area contributed by atoms with Crippen LogP contribution in [0.2, 0.25) is 0 Å². The average Bonchev–Trinajstić information content (AvgIpc) is 3.47. The first kappa shape index (κ1) is 19.3. The third-order valence-electron chi connectivity index (χ3n) is 5.99. The lowest BCUT2D eigenvalue weighted by atomic mass is 9.84. The summed E-state index contributed by atoms with van der Waals surface area (Å²) in [6, 6.07) is 9.98. The number of nitrogens with zero attached hydrogens (tertiary/aromatic N) is 3. The van der Waals surface area contributed by atoms with E-state index in [9.17, 15) is 9.59 Å². The first-order valence-corrected chi connectivity index (χ1v) is 10.5. The van der Waals surface area contributed by atoms with Crippen LogP contribution in [-0.4, -0.2) is 32.5 Å². The molecular formula is C23H23N5O3. The van der Waals surface area contributed by atoms with Crippen molar-refractivity contribution in [3.8, 4) is 22.6 Å². The Labute approximate surface area is 178 Å². The molecule has 0 aliphatic heterocycles. The van der Waals surface area contributed by atoms with E-state index >= 15 is 0 Å². The van der Waals surface area contributed by atoms with Gasteiger partial charge in [0.2, 0.25) is 0 Å². The molecule has 0 radical (unpaired) electrons. The molecule has 4 aromatic rings. The van der Waals surface area contributed by atoms with Crippen molar-refractivity contribution >= 4 is 11.6 Å². The highest BCUT2D eigenvalue weighted by molar-refractivity contribution is 5.90. The normalized spacial score (nSPS) is 14.7. The van der Waals surface area contributed by atoms with E-state index in [-0.39, 0.29) is 11.4 Å². The minimum Gasteiger partial charge on any atom is -0.432 e. The monoisotopic (exact) mass is 417 g/mol. The van der Waals surface area contributed by atoms with Crippen molar-refractivity contribution in [3.63, 3.8) is 0 Å². The number of aromatic nitrogens is 4. The number of H-pyrrole nitrogens is 1. The van der Waals surface area contributed by atoms with Gasteiger partial charge in [-0.05, 0) is 29.9 Å². The Balaban J connectivity index is 1.52. The lowest BCUT2D eigenvalue weighted by Crippen LogP contribution is -2.17. The van der Waals surface area contributed by atoms with Crippen LogP contribution in [0.25, 0.3) is 28.2 Å². The molecule has 0 spiro atoms. The Kier molecular flexibility index (Phi) is 4.89. The Morgan fingerprint density at radius 1 is 1.16 bits per heavy atom. The van der Waals surface area contributed by atoms with Crippen LogP contribution < -0.4 is 10.9 Å². The molecule has 0 atom stereocenters. The van der Waals surface area contributed by atoms with Crippen molar-refractivity contribution in [3.05, 3.63) is 64.5 Å². The molecular weight excluding hydrogens is 394 g/mol. The zero-order valence-corrected chi connectivity index (χ0v) is 17.2. The first-order valence-electron chi connectivity index (χ1n) is 10.5. The minimum atomic E-state index is -0.421. The predicted molar refractivity (Wildman–Crippen MR) is 116 cm³/mol. The van der Waals surface area contributed by atoms with Gasteiger partial charge in [0.05, 0.1) is 23.7 Å². The summed E-state index contributed by atoms with van der Waals surface area (Å²) >= 11 is 0. The number of carbonyl (C=O) groups excluding carboxylic acids is 1. The quantitative estimate of drug-likeness (QED) is 0.526. The van der Waals surface area contributed by atoms with Crippen LogP contribution in [0.4, 0.5) is 0 Å². The van der Waals surface area contributed by atoms with Crippen molar-refractivity contribution in [2.75, 3.05) is 7.05 Å². The van der Waals surface area contributed by atoms with Gasteiger partial charge in [-0.3, -0.25) is 9.59 Å². The van der Waals surface area contributed by atoms with E-state index in [2.05, 4.69) is 44.6 Å². The number of aromatic amines is 1. The number of carbonyl (C=O) groups is 1. The maximum absolute atomic E-state index is 12.7. The molecule has 0 bridgehead atoms. The standard InChI is InChI=1S/C23H23N5O3/c1-24-22(30)23-25-13-19(31-23)17-12-26-28-20(29)11-18(27-21(17)28)16-9-7-15(8-10-16)14-5-3-2-4-6-14/h7-14,27H,2-6H2,1H3,(H,24,30). The molecule has 5 rings (SSSR count). The number of benzene rings is 1. The SMILES string of the molecule is CNC(=O)c1ncc(-c2cnn3c(=O)cc(-c4ccc(C5CCCCC5)cc4)[nH]c23)o1. The van der Waals surface area contributed by atoms with Gasteiger partial charge in [0.25, 0.3) is 11.4 Å². The van der Waals surface area contributed by atoms with Gasteiger partial charge in [-0.1, -0.05) is 43.5 Å². The molecule has 31 heavy (non-hydrogen) atoms. The van der Waals surface area contributed by atoms with Crippen molar-refractivity contribution in [2.24, 2.45) is 0 Å². The van der Waals surface area contributed by atoms with Crippen LogP contribution in [0, 0.1) is 0 Å². The van der Waals surface area contributed by atoms with Crippen LogP contribution in [0.15, 0.2) is 51.9 Å². The van der Waals surface area contributed by atoms with Gasteiger partial charge in [-0.2, -0.15) is 9.61 Å². The Morgan fingerprint density at radius 3 is 2.68 bits per heavy atom. The molecule has 1 aliphatic rings. The Hall–Kier alpha value is -3.68. The number of hydrogen-bond acceptors (Lipinski definition) is 5. The second-order valence-electron chi connectivity index (χ2n) is 7.91. The van der Waals surface area contributed by atoms with Crippen LogP contribution in [0.5, 0.6) is 0 Å². The van der Waals surface area contributed by atoms with Gasteiger partial charge in [0.15, 0.2) is 5.76 Å². The van der Waals surface area contributed by atoms with E-state index in [1.807, 2.05) is 0 Å². The van der Waals surface area contributed by atoms with Crippen molar-refractivity contribution in [2.45, 2.75) is 38.0 Å². The smallest absolute Gasteiger partial charge is 0.306 e. The highest BCUT2D eigenvalue weighted by atomic mass is 16.4. The molecule has 0 unspecified atom stereocenters. The molecule has 1 amide bonds. The van der Waals surface area contributed by atoms with E-state index in [0.717, 1.165) is 5.56 Å². The summed E-state index contributed by atoms with van der Waals surface area (Å²) in [6.07, 6.45) is 9.39. The number of hydrogen-bond donors (Lipinski definition) is 2. The molecule has 3 aromatic heterocycles. The van der Waals surface area contributed by atoms with Gasteiger partial charge in [0, 0.05) is 13.1 Å². The Bertz CT molecular complexity index is 1290. The summed E-state index contributed by atoms with van der Waals surface area (Å²) in [4.78, 5) is 31.7. The third-order valence-corrected chi connectivity index (χ3v) is 5.99. The van der Waals surface area contributed by atoms with Gasteiger partial charge >= 0.3 is 5.91 Å². The molecule has 0 saturated heterocycles. The number of nitrogens with one attached hydrogen (secondary N) is 2. The highest BCUT2D eigenvalue weighted by Crippen LogP contribution is 2.33. The predicted octanol–water partition coefficient (Wildman–Crippen LogP) is 3.75. The van der Waals surface area contributed by atoms with Gasteiger partial charge in [-0.25, -0.2) is 4.98 Å². The summed E-state index contributed by atoms with van der Waals surface area (Å²) in [5.74, 6) is 0.518. The van der Waals surface area contributed by atoms with E-state index < -0.39 is 5.91 Å². The van der Waals surface area contributed by atoms with Crippen LogP contribution in [0.3, 0.4) is 0 Å². The number of oxazole rings is 1. The molecule has 8 heteroatoms. The number of fused-ring (bicyclic) bond motifs is 1. The topological polar surface area (TPSA) is 105 Å². The van der Waals surface area contributed by atoms with Crippen molar-refractivity contribution in [1.82, 2.24) is 24.9 Å². The van der Waals surface area contributed by atoms with Crippen molar-refractivity contribution < 1.29 is 9.21 Å². The lowest BCUT2D eigenvalue weighted by Gasteiger charge is -2.22. The zero-order chi connectivity index (χ0) is 21.4. The second-order valence-corrected chi connectivity index (χ2v) is 7.91. The minimum absolute atomic E-state index is 0.0475. The summed E-state index contributed by atoms with van der Waals surface area (Å²) in [5, 5.41) is 6.63. The number of rotatable bonds is 4. The fraction of sp³-hybridized carbons (Fsp3) is 0.304. The lowest BCUT2D eigenvalue weighted by molar-refractivity contribution is 0.0929. The number of amides is 1. The molecule has 158 valence electrons. The fourth-order valence-electron chi connectivity index (χ4n) is 4.30. The van der Waals surface area contributed by atoms with Crippen LogP contribution in [0.1, 0.15) is 54.3 Å². The fourth-order valence-corrected chi connectivity index (χ4v) is 4.30. The molecule has 2 N–H and O–H groups in total. The Morgan fingerprint density at radius 2 is 1.94 bits per heavy atom. The van der Waals surface area contributed by atoms with Gasteiger partial charge in [0.1, 0.15) is 5.65 Å². The summed E-state index contributed by atoms with van der Waals surface area (Å²) in [5.41, 5.74) is 3.77. The molecule has 1 aliphatic carbocycles. The first-order chi connectivity index (χ1) is 15.1. The zero-order valence-electron chi connectivity index (χ0n) is 17.2. The average molecular weight is 417 g/mol.